The normalized spacial score (nSPS) is 30.3. The summed E-state index contributed by atoms with van der Waals surface area (Å²) in [6.45, 7) is 7.48. The predicted octanol–water partition coefficient (Wildman–Crippen LogP) is 3.36. The van der Waals surface area contributed by atoms with Crippen LogP contribution in [0.2, 0.25) is 0 Å². The molecule has 1 aromatic rings. The third-order valence-electron chi connectivity index (χ3n) is 4.88. The van der Waals surface area contributed by atoms with Gasteiger partial charge in [-0.25, -0.2) is 4.98 Å². The Morgan fingerprint density at radius 3 is 2.53 bits per heavy atom. The molecule has 0 aliphatic heterocycles. The molecule has 3 nitrogen and oxygen atoms in total. The highest BCUT2D eigenvalue weighted by molar-refractivity contribution is 7.09. The van der Waals surface area contributed by atoms with Crippen LogP contribution in [0.1, 0.15) is 57.6 Å². The maximum atomic E-state index is 10.6. The highest BCUT2D eigenvalue weighted by Crippen LogP contribution is 2.50. The lowest BCUT2D eigenvalue weighted by Crippen LogP contribution is -2.42. The quantitative estimate of drug-likeness (QED) is 0.893. The third-order valence-corrected chi connectivity index (χ3v) is 5.71. The fourth-order valence-electron chi connectivity index (χ4n) is 3.28. The number of nitrogens with two attached hydrogens (primary N) is 1. The van der Waals surface area contributed by atoms with Crippen molar-refractivity contribution in [1.29, 1.82) is 0 Å². The predicted molar refractivity (Wildman–Crippen MR) is 80.0 cm³/mol. The average Bonchev–Trinajstić information content (AvgIpc) is 2.90. The smallest absolute Gasteiger partial charge is 0.122 e. The van der Waals surface area contributed by atoms with Crippen LogP contribution in [-0.2, 0) is 0 Å². The van der Waals surface area contributed by atoms with Crippen molar-refractivity contribution in [2.75, 3.05) is 6.54 Å². The molecule has 1 fully saturated rings. The summed E-state index contributed by atoms with van der Waals surface area (Å²) in [7, 11) is 0. The zero-order valence-electron chi connectivity index (χ0n) is 12.2. The van der Waals surface area contributed by atoms with Crippen molar-refractivity contribution in [3.8, 4) is 0 Å². The van der Waals surface area contributed by atoms with Gasteiger partial charge < -0.3 is 10.8 Å². The molecule has 108 valence electrons. The van der Waals surface area contributed by atoms with Crippen LogP contribution in [-0.4, -0.2) is 16.6 Å². The number of thiazole rings is 1. The molecule has 1 atom stereocenters. The summed E-state index contributed by atoms with van der Waals surface area (Å²) in [4.78, 5) is 4.27. The lowest BCUT2D eigenvalue weighted by molar-refractivity contribution is -0.0235. The highest BCUT2D eigenvalue weighted by atomic mass is 32.1. The summed E-state index contributed by atoms with van der Waals surface area (Å²) >= 11 is 1.53. The van der Waals surface area contributed by atoms with Gasteiger partial charge in [0.2, 0.25) is 0 Å². The number of nitrogens with zero attached hydrogens (tertiary/aromatic N) is 1. The minimum absolute atomic E-state index is 0.167. The number of aromatic nitrogens is 1. The van der Waals surface area contributed by atoms with Crippen LogP contribution in [0.3, 0.4) is 0 Å². The minimum Gasteiger partial charge on any atom is -0.385 e. The summed E-state index contributed by atoms with van der Waals surface area (Å²) in [5.41, 5.74) is 6.20. The molecule has 3 N–H and O–H groups in total. The van der Waals surface area contributed by atoms with Gasteiger partial charge in [-0.15, -0.1) is 11.3 Å². The van der Waals surface area contributed by atoms with Gasteiger partial charge in [-0.1, -0.05) is 20.8 Å². The standard InChI is InChI=1S/C15H26N2OS/c1-14(2,3)11-4-6-15(10-16,7-5-11)12(18)13-17-8-9-19-13/h8-9,11-12,18H,4-7,10,16H2,1-3H3. The molecule has 0 spiro atoms. The van der Waals surface area contributed by atoms with E-state index in [0.717, 1.165) is 36.6 Å². The molecule has 4 heteroatoms. The van der Waals surface area contributed by atoms with Crippen LogP contribution in [0.25, 0.3) is 0 Å². The Labute approximate surface area is 120 Å². The van der Waals surface area contributed by atoms with Crippen molar-refractivity contribution in [1.82, 2.24) is 4.98 Å². The van der Waals surface area contributed by atoms with Crippen molar-refractivity contribution in [3.63, 3.8) is 0 Å². The molecule has 19 heavy (non-hydrogen) atoms. The van der Waals surface area contributed by atoms with E-state index in [0.29, 0.717) is 12.0 Å². The van der Waals surface area contributed by atoms with E-state index < -0.39 is 6.10 Å². The van der Waals surface area contributed by atoms with Crippen LogP contribution in [0, 0.1) is 16.7 Å². The number of hydrogen-bond acceptors (Lipinski definition) is 4. The molecule has 1 aliphatic carbocycles. The van der Waals surface area contributed by atoms with Gasteiger partial charge in [-0.2, -0.15) is 0 Å². The van der Waals surface area contributed by atoms with Crippen molar-refractivity contribution in [2.24, 2.45) is 22.5 Å². The number of rotatable bonds is 3. The monoisotopic (exact) mass is 282 g/mol. The Balaban J connectivity index is 2.10. The molecule has 0 saturated heterocycles. The second-order valence-corrected chi connectivity index (χ2v) is 7.91. The van der Waals surface area contributed by atoms with Crippen molar-refractivity contribution in [2.45, 2.75) is 52.6 Å². The molecule has 0 radical (unpaired) electrons. The Kier molecular flexibility index (Phi) is 4.33. The zero-order chi connectivity index (χ0) is 14.1. The van der Waals surface area contributed by atoms with Gasteiger partial charge in [0, 0.05) is 23.5 Å². The Bertz CT molecular complexity index is 389. The lowest BCUT2D eigenvalue weighted by atomic mass is 9.62. The topological polar surface area (TPSA) is 59.1 Å². The van der Waals surface area contributed by atoms with Crippen LogP contribution in [0.15, 0.2) is 11.6 Å². The first-order valence-electron chi connectivity index (χ1n) is 7.16. The Morgan fingerprint density at radius 2 is 2.11 bits per heavy atom. The van der Waals surface area contributed by atoms with Gasteiger partial charge in [-0.05, 0) is 37.0 Å². The first kappa shape index (κ1) is 14.9. The summed E-state index contributed by atoms with van der Waals surface area (Å²) in [5.74, 6) is 0.732. The fourth-order valence-corrected chi connectivity index (χ4v) is 4.04. The number of hydrogen-bond donors (Lipinski definition) is 2. The van der Waals surface area contributed by atoms with E-state index in [4.69, 9.17) is 5.73 Å². The lowest BCUT2D eigenvalue weighted by Gasteiger charge is -2.45. The first-order chi connectivity index (χ1) is 8.89. The first-order valence-corrected chi connectivity index (χ1v) is 8.04. The molecule has 1 unspecified atom stereocenters. The summed E-state index contributed by atoms with van der Waals surface area (Å²) in [6, 6.07) is 0. The third kappa shape index (κ3) is 3.01. The molecule has 0 bridgehead atoms. The highest BCUT2D eigenvalue weighted by Gasteiger charge is 2.43. The average molecular weight is 282 g/mol. The molecular formula is C15H26N2OS. The molecule has 2 rings (SSSR count). The van der Waals surface area contributed by atoms with Gasteiger partial charge in [0.25, 0.3) is 0 Å². The van der Waals surface area contributed by atoms with Crippen molar-refractivity contribution >= 4 is 11.3 Å². The molecule has 1 heterocycles. The summed E-state index contributed by atoms with van der Waals surface area (Å²) in [6.07, 6.45) is 5.58. The maximum absolute atomic E-state index is 10.6. The van der Waals surface area contributed by atoms with Gasteiger partial charge in [0.15, 0.2) is 0 Å². The SMILES string of the molecule is CC(C)(C)C1CCC(CN)(C(O)c2nccs2)CC1. The molecule has 1 aliphatic rings. The summed E-state index contributed by atoms with van der Waals surface area (Å²) < 4.78 is 0. The van der Waals surface area contributed by atoms with E-state index >= 15 is 0 Å². The largest absolute Gasteiger partial charge is 0.385 e. The van der Waals surface area contributed by atoms with Gasteiger partial charge in [0.1, 0.15) is 11.1 Å². The van der Waals surface area contributed by atoms with Gasteiger partial charge in [-0.3, -0.25) is 0 Å². The fraction of sp³-hybridized carbons (Fsp3) is 0.800. The summed E-state index contributed by atoms with van der Waals surface area (Å²) in [5, 5.41) is 13.4. The maximum Gasteiger partial charge on any atom is 0.122 e. The van der Waals surface area contributed by atoms with Gasteiger partial charge in [0.05, 0.1) is 0 Å². The van der Waals surface area contributed by atoms with Crippen LogP contribution < -0.4 is 5.73 Å². The second-order valence-electron chi connectivity index (χ2n) is 6.98. The van der Waals surface area contributed by atoms with E-state index in [1.165, 1.54) is 11.3 Å². The van der Waals surface area contributed by atoms with Crippen LogP contribution in [0.4, 0.5) is 0 Å². The molecule has 0 amide bonds. The Hall–Kier alpha value is -0.450. The zero-order valence-corrected chi connectivity index (χ0v) is 13.0. The number of aliphatic hydroxyl groups excluding tert-OH is 1. The van der Waals surface area contributed by atoms with E-state index in [1.54, 1.807) is 6.20 Å². The van der Waals surface area contributed by atoms with Crippen LogP contribution >= 0.6 is 11.3 Å². The minimum atomic E-state index is -0.501. The van der Waals surface area contributed by atoms with E-state index in [1.807, 2.05) is 5.38 Å². The van der Waals surface area contributed by atoms with Crippen molar-refractivity contribution in [3.05, 3.63) is 16.6 Å². The van der Waals surface area contributed by atoms with E-state index in [9.17, 15) is 5.11 Å². The number of aliphatic hydroxyl groups is 1. The van der Waals surface area contributed by atoms with E-state index in [-0.39, 0.29) is 5.41 Å². The van der Waals surface area contributed by atoms with E-state index in [2.05, 4.69) is 25.8 Å². The Morgan fingerprint density at radius 1 is 1.47 bits per heavy atom. The molecule has 0 aromatic carbocycles. The van der Waals surface area contributed by atoms with Crippen molar-refractivity contribution < 1.29 is 5.11 Å². The van der Waals surface area contributed by atoms with Crippen LogP contribution in [0.5, 0.6) is 0 Å². The molecule has 1 aromatic heterocycles. The van der Waals surface area contributed by atoms with Gasteiger partial charge >= 0.3 is 0 Å². The molecule has 1 saturated carbocycles. The molecular weight excluding hydrogens is 256 g/mol. The second kappa shape index (κ2) is 5.51.